The van der Waals surface area contributed by atoms with Crippen molar-refractivity contribution in [3.63, 3.8) is 0 Å². The lowest BCUT2D eigenvalue weighted by Crippen LogP contribution is -2.27. The van der Waals surface area contributed by atoms with Crippen LogP contribution in [0, 0.1) is 13.8 Å². The third kappa shape index (κ3) is 4.23. The first-order chi connectivity index (χ1) is 14.1. The molecule has 29 heavy (non-hydrogen) atoms. The molecule has 154 valence electrons. The third-order valence-corrected chi connectivity index (χ3v) is 6.65. The number of nitrogens with one attached hydrogen (secondary N) is 1. The Balaban J connectivity index is 1.53. The topological polar surface area (TPSA) is 88.8 Å². The molecule has 1 saturated heterocycles. The number of amides is 1. The van der Waals surface area contributed by atoms with Crippen molar-refractivity contribution in [1.29, 1.82) is 0 Å². The van der Waals surface area contributed by atoms with E-state index in [-0.39, 0.29) is 5.91 Å². The van der Waals surface area contributed by atoms with Crippen molar-refractivity contribution < 1.29 is 4.79 Å². The number of fused-ring (bicyclic) bond motifs is 1. The van der Waals surface area contributed by atoms with Crippen molar-refractivity contribution in [3.05, 3.63) is 21.8 Å². The summed E-state index contributed by atoms with van der Waals surface area (Å²) in [6.45, 7) is 8.96. The summed E-state index contributed by atoms with van der Waals surface area (Å²) in [5.74, 6) is 1.82. The van der Waals surface area contributed by atoms with Gasteiger partial charge in [-0.15, -0.1) is 11.3 Å². The monoisotopic (exact) mass is 431 g/mol. The number of nitrogens with zero attached hydrogens (tertiary/aromatic N) is 6. The van der Waals surface area contributed by atoms with Gasteiger partial charge < -0.3 is 10.2 Å². The summed E-state index contributed by atoms with van der Waals surface area (Å²) in [4.78, 5) is 29.3. The number of hydrogen-bond acceptors (Lipinski definition) is 8. The minimum Gasteiger partial charge on any atom is -0.356 e. The molecule has 8 nitrogen and oxygen atoms in total. The number of thiazole rings is 1. The minimum atomic E-state index is -0.0841. The minimum absolute atomic E-state index is 0.0841. The van der Waals surface area contributed by atoms with Crippen molar-refractivity contribution in [3.8, 4) is 0 Å². The van der Waals surface area contributed by atoms with Crippen molar-refractivity contribution in [2.45, 2.75) is 45.3 Å². The zero-order valence-electron chi connectivity index (χ0n) is 16.9. The lowest BCUT2D eigenvalue weighted by Gasteiger charge is -2.17. The predicted molar refractivity (Wildman–Crippen MR) is 117 cm³/mol. The van der Waals surface area contributed by atoms with E-state index >= 15 is 0 Å². The number of rotatable bonds is 7. The summed E-state index contributed by atoms with van der Waals surface area (Å²) in [5, 5.41) is 10.2. The average molecular weight is 432 g/mol. The summed E-state index contributed by atoms with van der Waals surface area (Å²) in [6, 6.07) is 0. The molecule has 0 unspecified atom stereocenters. The third-order valence-electron chi connectivity index (χ3n) is 4.85. The van der Waals surface area contributed by atoms with Gasteiger partial charge in [0.15, 0.2) is 10.8 Å². The predicted octanol–water partition coefficient (Wildman–Crippen LogP) is 3.04. The maximum atomic E-state index is 12.4. The summed E-state index contributed by atoms with van der Waals surface area (Å²) in [6.07, 6.45) is 4.23. The molecule has 0 atom stereocenters. The highest BCUT2D eigenvalue weighted by molar-refractivity contribution is 7.99. The molecule has 1 N–H and O–H groups in total. The van der Waals surface area contributed by atoms with Crippen molar-refractivity contribution in [2.24, 2.45) is 0 Å². The quantitative estimate of drug-likeness (QED) is 0.454. The van der Waals surface area contributed by atoms with E-state index in [0.29, 0.717) is 18.0 Å². The molecule has 0 aromatic carbocycles. The summed E-state index contributed by atoms with van der Waals surface area (Å²) < 4.78 is 1.86. The maximum absolute atomic E-state index is 12.4. The molecular formula is C19H25N7OS2. The van der Waals surface area contributed by atoms with E-state index < -0.39 is 0 Å². The molecule has 0 aliphatic carbocycles. The molecule has 1 amide bonds. The zero-order chi connectivity index (χ0) is 20.4. The van der Waals surface area contributed by atoms with Gasteiger partial charge in [0.25, 0.3) is 5.91 Å². The van der Waals surface area contributed by atoms with Crippen LogP contribution in [0.2, 0.25) is 0 Å². The fourth-order valence-corrected chi connectivity index (χ4v) is 4.94. The Morgan fingerprint density at radius 3 is 2.72 bits per heavy atom. The average Bonchev–Trinajstić information content (AvgIpc) is 3.42. The highest BCUT2D eigenvalue weighted by Crippen LogP contribution is 2.29. The van der Waals surface area contributed by atoms with Gasteiger partial charge in [-0.2, -0.15) is 5.10 Å². The highest BCUT2D eigenvalue weighted by Gasteiger charge is 2.21. The molecule has 1 fully saturated rings. The van der Waals surface area contributed by atoms with Gasteiger partial charge in [0, 0.05) is 19.6 Å². The number of thioether (sulfide) groups is 1. The first-order valence-corrected chi connectivity index (χ1v) is 11.7. The van der Waals surface area contributed by atoms with Gasteiger partial charge in [0.05, 0.1) is 28.8 Å². The number of aryl methyl sites for hydroxylation is 2. The van der Waals surface area contributed by atoms with Crippen molar-refractivity contribution in [2.75, 3.05) is 30.3 Å². The molecule has 3 aromatic heterocycles. The second-order valence-corrected chi connectivity index (χ2v) is 9.40. The van der Waals surface area contributed by atoms with Crippen LogP contribution < -0.4 is 10.2 Å². The molecule has 10 heteroatoms. The van der Waals surface area contributed by atoms with Crippen LogP contribution in [0.25, 0.3) is 11.0 Å². The van der Waals surface area contributed by atoms with Crippen LogP contribution in [-0.4, -0.2) is 56.0 Å². The second kappa shape index (κ2) is 8.66. The normalized spacial score (nSPS) is 14.1. The van der Waals surface area contributed by atoms with Gasteiger partial charge in [-0.3, -0.25) is 4.79 Å². The van der Waals surface area contributed by atoms with Gasteiger partial charge >= 0.3 is 0 Å². The van der Waals surface area contributed by atoms with Gasteiger partial charge in [0.2, 0.25) is 0 Å². The molecule has 1 aliphatic rings. The molecule has 0 radical (unpaired) electrons. The number of anilines is 1. The Bertz CT molecular complexity index is 1020. The largest absolute Gasteiger partial charge is 0.356 e. The van der Waals surface area contributed by atoms with E-state index in [1.54, 1.807) is 11.8 Å². The van der Waals surface area contributed by atoms with Crippen molar-refractivity contribution in [1.82, 2.24) is 30.0 Å². The van der Waals surface area contributed by atoms with Crippen LogP contribution in [0.3, 0.4) is 0 Å². The number of aromatic nitrogens is 5. The first kappa shape index (κ1) is 20.1. The molecule has 1 aliphatic heterocycles. The molecule has 4 heterocycles. The van der Waals surface area contributed by atoms with Crippen LogP contribution in [-0.2, 0) is 6.54 Å². The molecule has 0 saturated carbocycles. The maximum Gasteiger partial charge on any atom is 0.263 e. The number of carbonyl (C=O) groups excluding carboxylic acids is 1. The van der Waals surface area contributed by atoms with Gasteiger partial charge in [-0.25, -0.2) is 19.6 Å². The van der Waals surface area contributed by atoms with Crippen LogP contribution in [0.4, 0.5) is 5.82 Å². The standard InChI is InChI=1S/C19H25N7OS2/c1-4-28-19-23-16(25-8-5-6-9-25)14-11-21-26(17(14)24-19)10-7-20-18(27)15-12(2)22-13(3)29-15/h11H,4-10H2,1-3H3,(H,20,27). The number of hydrogen-bond donors (Lipinski definition) is 1. The second-order valence-electron chi connectivity index (χ2n) is 6.97. The molecule has 0 spiro atoms. The SMILES string of the molecule is CCSc1nc(N2CCCC2)c2cnn(CCNC(=O)c3sc(C)nc3C)c2n1. The van der Waals surface area contributed by atoms with E-state index in [2.05, 4.69) is 27.2 Å². The molecule has 4 rings (SSSR count). The molecular weight excluding hydrogens is 406 g/mol. The fourth-order valence-electron chi connectivity index (χ4n) is 3.55. The Labute approximate surface area is 178 Å². The van der Waals surface area contributed by atoms with E-state index in [9.17, 15) is 4.79 Å². The summed E-state index contributed by atoms with van der Waals surface area (Å²) >= 11 is 3.06. The summed E-state index contributed by atoms with van der Waals surface area (Å²) in [7, 11) is 0. The van der Waals surface area contributed by atoms with Crippen LogP contribution >= 0.6 is 23.1 Å². The van der Waals surface area contributed by atoms with E-state index in [1.807, 2.05) is 24.7 Å². The molecule has 3 aromatic rings. The molecule has 0 bridgehead atoms. The smallest absolute Gasteiger partial charge is 0.263 e. The van der Waals surface area contributed by atoms with Gasteiger partial charge in [-0.05, 0) is 32.4 Å². The lowest BCUT2D eigenvalue weighted by molar-refractivity contribution is 0.0955. The van der Waals surface area contributed by atoms with Gasteiger partial charge in [0.1, 0.15) is 10.7 Å². The lowest BCUT2D eigenvalue weighted by atomic mass is 10.3. The van der Waals surface area contributed by atoms with E-state index in [4.69, 9.17) is 9.97 Å². The van der Waals surface area contributed by atoms with E-state index in [1.165, 1.54) is 24.2 Å². The van der Waals surface area contributed by atoms with E-state index in [0.717, 1.165) is 51.6 Å². The first-order valence-electron chi connectivity index (χ1n) is 9.90. The van der Waals surface area contributed by atoms with Crippen LogP contribution in [0.5, 0.6) is 0 Å². The van der Waals surface area contributed by atoms with Gasteiger partial charge in [-0.1, -0.05) is 18.7 Å². The zero-order valence-corrected chi connectivity index (χ0v) is 18.6. The fraction of sp³-hybridized carbons (Fsp3) is 0.526. The Hall–Kier alpha value is -2.20. The highest BCUT2D eigenvalue weighted by atomic mass is 32.2. The Kier molecular flexibility index (Phi) is 6.00. The van der Waals surface area contributed by atoms with Crippen molar-refractivity contribution >= 4 is 45.9 Å². The Morgan fingerprint density at radius 1 is 1.24 bits per heavy atom. The van der Waals surface area contributed by atoms with Crippen LogP contribution in [0.15, 0.2) is 11.4 Å². The number of carbonyl (C=O) groups is 1. The van der Waals surface area contributed by atoms with Crippen LogP contribution in [0.1, 0.15) is 40.1 Å². The summed E-state index contributed by atoms with van der Waals surface area (Å²) in [5.41, 5.74) is 1.61. The Morgan fingerprint density at radius 2 is 2.03 bits per heavy atom.